The highest BCUT2D eigenvalue weighted by Gasteiger charge is 2.43. The van der Waals surface area contributed by atoms with E-state index in [1.54, 1.807) is 0 Å². The highest BCUT2D eigenvalue weighted by molar-refractivity contribution is 5.39. The first-order chi connectivity index (χ1) is 11.6. The maximum atomic E-state index is 5.11. The molecule has 0 radical (unpaired) electrons. The minimum Gasteiger partial charge on any atom is -0.347 e. The fraction of sp³-hybridized carbons (Fsp3) is 0.647. The van der Waals surface area contributed by atoms with E-state index in [1.807, 2.05) is 32.1 Å². The van der Waals surface area contributed by atoms with Crippen molar-refractivity contribution in [2.45, 2.75) is 44.6 Å². The minimum absolute atomic E-state index is 0.153. The van der Waals surface area contributed by atoms with Gasteiger partial charge in [-0.15, -0.1) is 0 Å². The molecule has 1 spiro atoms. The summed E-state index contributed by atoms with van der Waals surface area (Å²) < 4.78 is 5.11. The van der Waals surface area contributed by atoms with Crippen LogP contribution in [-0.4, -0.2) is 52.2 Å². The van der Waals surface area contributed by atoms with E-state index < -0.39 is 0 Å². The second-order valence-corrected chi connectivity index (χ2v) is 7.26. The van der Waals surface area contributed by atoms with Gasteiger partial charge in [0, 0.05) is 39.2 Å². The molecule has 0 N–H and O–H groups in total. The molecule has 24 heavy (non-hydrogen) atoms. The first-order valence-electron chi connectivity index (χ1n) is 8.61. The van der Waals surface area contributed by atoms with Crippen LogP contribution < -0.4 is 4.90 Å². The predicted octanol–water partition coefficient (Wildman–Crippen LogP) is 1.71. The molecule has 0 bridgehead atoms. The van der Waals surface area contributed by atoms with Gasteiger partial charge in [-0.25, -0.2) is 9.97 Å². The smallest absolute Gasteiger partial charge is 0.225 e. The first-order valence-corrected chi connectivity index (χ1v) is 8.61. The van der Waals surface area contributed by atoms with Crippen LogP contribution in [-0.2, 0) is 18.4 Å². The summed E-state index contributed by atoms with van der Waals surface area (Å²) in [5.74, 6) is 2.21. The number of nitrogens with zero attached hydrogens (tertiary/aromatic N) is 6. The van der Waals surface area contributed by atoms with E-state index in [2.05, 4.69) is 20.0 Å². The molecule has 128 valence electrons. The van der Waals surface area contributed by atoms with Gasteiger partial charge in [0.2, 0.25) is 11.8 Å². The van der Waals surface area contributed by atoms with Crippen molar-refractivity contribution in [3.8, 4) is 0 Å². The molecule has 4 rings (SSSR count). The topological polar surface area (TPSA) is 71.2 Å². The third-order valence-corrected chi connectivity index (χ3v) is 5.22. The van der Waals surface area contributed by atoms with Gasteiger partial charge in [-0.05, 0) is 37.8 Å². The lowest BCUT2D eigenvalue weighted by atomic mass is 9.77. The predicted molar refractivity (Wildman–Crippen MR) is 89.9 cm³/mol. The van der Waals surface area contributed by atoms with Crippen LogP contribution >= 0.6 is 0 Å². The van der Waals surface area contributed by atoms with Gasteiger partial charge < -0.3 is 9.42 Å². The Morgan fingerprint density at radius 1 is 1.29 bits per heavy atom. The maximum absolute atomic E-state index is 5.11. The lowest BCUT2D eigenvalue weighted by Gasteiger charge is -2.40. The molecule has 7 heteroatoms. The van der Waals surface area contributed by atoms with Crippen molar-refractivity contribution in [3.05, 3.63) is 29.2 Å². The van der Waals surface area contributed by atoms with Crippen LogP contribution in [0.3, 0.4) is 0 Å². The summed E-state index contributed by atoms with van der Waals surface area (Å²) in [6, 6.07) is 0. The monoisotopic (exact) mass is 328 g/mol. The SMILES string of the molecule is Cc1nc(CN2CCCC3(CCc4cnc(N(C)C)nc43)C2)no1. The molecule has 7 nitrogen and oxygen atoms in total. The fourth-order valence-corrected chi connectivity index (χ4v) is 4.11. The normalized spacial score (nSPS) is 23.6. The summed E-state index contributed by atoms with van der Waals surface area (Å²) in [5, 5.41) is 4.05. The zero-order valence-electron chi connectivity index (χ0n) is 14.6. The Kier molecular flexibility index (Phi) is 3.75. The zero-order valence-corrected chi connectivity index (χ0v) is 14.6. The van der Waals surface area contributed by atoms with Crippen LogP contribution in [0.5, 0.6) is 0 Å². The summed E-state index contributed by atoms with van der Waals surface area (Å²) >= 11 is 0. The van der Waals surface area contributed by atoms with Gasteiger partial charge in [0.1, 0.15) is 0 Å². The van der Waals surface area contributed by atoms with Gasteiger partial charge >= 0.3 is 0 Å². The molecular weight excluding hydrogens is 304 g/mol. The van der Waals surface area contributed by atoms with Crippen molar-refractivity contribution in [2.24, 2.45) is 0 Å². The molecule has 1 atom stereocenters. The van der Waals surface area contributed by atoms with Crippen molar-refractivity contribution in [1.82, 2.24) is 25.0 Å². The number of fused-ring (bicyclic) bond motifs is 2. The van der Waals surface area contributed by atoms with Crippen molar-refractivity contribution in [2.75, 3.05) is 32.1 Å². The number of anilines is 1. The Bertz CT molecular complexity index is 738. The van der Waals surface area contributed by atoms with E-state index in [4.69, 9.17) is 9.51 Å². The van der Waals surface area contributed by atoms with Gasteiger partial charge in [-0.3, -0.25) is 4.90 Å². The quantitative estimate of drug-likeness (QED) is 0.849. The number of rotatable bonds is 3. The van der Waals surface area contributed by atoms with Crippen LogP contribution in [0.25, 0.3) is 0 Å². The van der Waals surface area contributed by atoms with Crippen molar-refractivity contribution in [3.63, 3.8) is 0 Å². The third kappa shape index (κ3) is 2.66. The first kappa shape index (κ1) is 15.5. The lowest BCUT2D eigenvalue weighted by molar-refractivity contribution is 0.133. The lowest BCUT2D eigenvalue weighted by Crippen LogP contribution is -2.45. The number of aryl methyl sites for hydroxylation is 2. The van der Waals surface area contributed by atoms with Gasteiger partial charge in [0.15, 0.2) is 5.82 Å². The van der Waals surface area contributed by atoms with Gasteiger partial charge in [-0.1, -0.05) is 5.16 Å². The van der Waals surface area contributed by atoms with E-state index in [0.29, 0.717) is 5.89 Å². The minimum atomic E-state index is 0.153. The number of aromatic nitrogens is 4. The highest BCUT2D eigenvalue weighted by atomic mass is 16.5. The molecule has 0 amide bonds. The van der Waals surface area contributed by atoms with Crippen LogP contribution in [0.4, 0.5) is 5.95 Å². The molecule has 1 fully saturated rings. The average Bonchev–Trinajstić information content (AvgIpc) is 3.12. The summed E-state index contributed by atoms with van der Waals surface area (Å²) in [5.41, 5.74) is 2.73. The molecule has 3 heterocycles. The van der Waals surface area contributed by atoms with E-state index >= 15 is 0 Å². The molecular formula is C17H24N6O. The zero-order chi connectivity index (χ0) is 16.7. The fourth-order valence-electron chi connectivity index (χ4n) is 4.11. The number of hydrogen-bond acceptors (Lipinski definition) is 7. The summed E-state index contributed by atoms with van der Waals surface area (Å²) in [6.07, 6.45) is 6.64. The highest BCUT2D eigenvalue weighted by Crippen LogP contribution is 2.44. The molecule has 1 aliphatic heterocycles. The number of hydrogen-bond donors (Lipinski definition) is 0. The molecule has 0 saturated carbocycles. The number of likely N-dealkylation sites (tertiary alicyclic amines) is 1. The summed E-state index contributed by atoms with van der Waals surface area (Å²) in [4.78, 5) is 18.2. The molecule has 0 aromatic carbocycles. The summed E-state index contributed by atoms with van der Waals surface area (Å²) in [7, 11) is 3.99. The largest absolute Gasteiger partial charge is 0.347 e. The summed E-state index contributed by atoms with van der Waals surface area (Å²) in [6.45, 7) is 4.68. The van der Waals surface area contributed by atoms with E-state index in [9.17, 15) is 0 Å². The Morgan fingerprint density at radius 2 is 2.17 bits per heavy atom. The van der Waals surface area contributed by atoms with E-state index in [0.717, 1.165) is 44.2 Å². The molecule has 1 aliphatic carbocycles. The van der Waals surface area contributed by atoms with Crippen molar-refractivity contribution in [1.29, 1.82) is 0 Å². The van der Waals surface area contributed by atoms with Gasteiger partial charge in [0.25, 0.3) is 0 Å². The third-order valence-electron chi connectivity index (χ3n) is 5.22. The van der Waals surface area contributed by atoms with E-state index in [-0.39, 0.29) is 5.41 Å². The Balaban J connectivity index is 1.59. The molecule has 1 saturated heterocycles. The van der Waals surface area contributed by atoms with Crippen LogP contribution in [0, 0.1) is 6.92 Å². The second-order valence-electron chi connectivity index (χ2n) is 7.26. The average molecular weight is 328 g/mol. The van der Waals surface area contributed by atoms with Crippen LogP contribution in [0.15, 0.2) is 10.7 Å². The molecule has 2 aromatic heterocycles. The van der Waals surface area contributed by atoms with E-state index in [1.165, 1.54) is 24.1 Å². The number of piperidine rings is 1. The molecule has 2 aromatic rings. The second kappa shape index (κ2) is 5.81. The molecule has 2 aliphatic rings. The van der Waals surface area contributed by atoms with Gasteiger partial charge in [-0.2, -0.15) is 4.98 Å². The van der Waals surface area contributed by atoms with Crippen LogP contribution in [0.2, 0.25) is 0 Å². The van der Waals surface area contributed by atoms with Crippen molar-refractivity contribution >= 4 is 5.95 Å². The Morgan fingerprint density at radius 3 is 2.92 bits per heavy atom. The Labute approximate surface area is 142 Å². The van der Waals surface area contributed by atoms with Gasteiger partial charge in [0.05, 0.1) is 12.2 Å². The standard InChI is InChI=1S/C17H24N6O/c1-12-19-14(21-24-12)10-23-8-4-6-17(11-23)7-5-13-9-18-16(22(2)3)20-15(13)17/h9H,4-8,10-11H2,1-3H3. The Hall–Kier alpha value is -2.02. The molecule has 1 unspecified atom stereocenters. The maximum Gasteiger partial charge on any atom is 0.225 e. The van der Waals surface area contributed by atoms with Crippen molar-refractivity contribution < 1.29 is 4.52 Å². The van der Waals surface area contributed by atoms with Crippen LogP contribution in [0.1, 0.15) is 42.2 Å².